The Bertz CT molecular complexity index is 455. The summed E-state index contributed by atoms with van der Waals surface area (Å²) in [6.07, 6.45) is 2.00. The van der Waals surface area contributed by atoms with Crippen LogP contribution in [-0.4, -0.2) is 33.0 Å². The monoisotopic (exact) mass is 286 g/mol. The summed E-state index contributed by atoms with van der Waals surface area (Å²) in [5.41, 5.74) is 0.0336. The molecule has 1 fully saturated rings. The molecule has 0 aliphatic carbocycles. The van der Waals surface area contributed by atoms with Gasteiger partial charge in [-0.1, -0.05) is 0 Å². The molecule has 2 rings (SSSR count). The van der Waals surface area contributed by atoms with Crippen LogP contribution in [0.5, 0.6) is 0 Å². The minimum Gasteiger partial charge on any atom is -0.476 e. The Morgan fingerprint density at radius 3 is 2.94 bits per heavy atom. The van der Waals surface area contributed by atoms with E-state index >= 15 is 0 Å². The van der Waals surface area contributed by atoms with Crippen LogP contribution in [0.2, 0.25) is 0 Å². The highest BCUT2D eigenvalue weighted by Gasteiger charge is 2.25. The highest BCUT2D eigenvalue weighted by atomic mass is 32.2. The Morgan fingerprint density at radius 1 is 1.61 bits per heavy atom. The summed E-state index contributed by atoms with van der Waals surface area (Å²) >= 11 is 2.93. The van der Waals surface area contributed by atoms with Gasteiger partial charge in [0.25, 0.3) is 0 Å². The van der Waals surface area contributed by atoms with Gasteiger partial charge in [-0.05, 0) is 25.5 Å². The molecular formula is C11H14N2O3S2. The number of nitrogens with one attached hydrogen (secondary N) is 1. The molecule has 2 N–H and O–H groups in total. The number of amides is 1. The van der Waals surface area contributed by atoms with Gasteiger partial charge in [-0.2, -0.15) is 0 Å². The van der Waals surface area contributed by atoms with E-state index in [0.29, 0.717) is 5.01 Å². The number of carbonyl (C=O) groups excluding carboxylic acids is 1. The lowest BCUT2D eigenvalue weighted by atomic mass is 10.2. The highest BCUT2D eigenvalue weighted by Crippen LogP contribution is 2.27. The Kier molecular flexibility index (Phi) is 4.23. The third kappa shape index (κ3) is 3.02. The number of thiazole rings is 1. The van der Waals surface area contributed by atoms with Crippen LogP contribution >= 0.6 is 23.1 Å². The molecule has 1 aromatic rings. The van der Waals surface area contributed by atoms with E-state index in [1.54, 1.807) is 11.8 Å². The Morgan fingerprint density at radius 2 is 2.39 bits per heavy atom. The number of rotatable bonds is 4. The smallest absolute Gasteiger partial charge is 0.355 e. The molecule has 2 heterocycles. The molecule has 0 saturated carbocycles. The molecule has 2 unspecified atom stereocenters. The lowest BCUT2D eigenvalue weighted by molar-refractivity contribution is -0.121. The Balaban J connectivity index is 1.95. The van der Waals surface area contributed by atoms with Gasteiger partial charge in [0.05, 0.1) is 11.3 Å². The third-order valence-corrected chi connectivity index (χ3v) is 5.10. The zero-order chi connectivity index (χ0) is 13.1. The molecule has 1 aromatic heterocycles. The number of nitrogens with zero attached hydrogens (tertiary/aromatic N) is 1. The molecule has 1 aliphatic heterocycles. The van der Waals surface area contributed by atoms with Gasteiger partial charge in [0.2, 0.25) is 5.91 Å². The highest BCUT2D eigenvalue weighted by molar-refractivity contribution is 8.00. The van der Waals surface area contributed by atoms with Crippen molar-refractivity contribution in [2.24, 2.45) is 0 Å². The Labute approximate surface area is 113 Å². The first-order chi connectivity index (χ1) is 8.58. The summed E-state index contributed by atoms with van der Waals surface area (Å²) in [6, 6.07) is -0.239. The summed E-state index contributed by atoms with van der Waals surface area (Å²) in [7, 11) is 0. The van der Waals surface area contributed by atoms with Crippen LogP contribution in [0.4, 0.5) is 0 Å². The molecule has 0 spiro atoms. The van der Waals surface area contributed by atoms with Crippen molar-refractivity contribution in [3.63, 3.8) is 0 Å². The molecule has 1 amide bonds. The largest absolute Gasteiger partial charge is 0.476 e. The van der Waals surface area contributed by atoms with E-state index in [1.807, 2.05) is 6.92 Å². The maximum absolute atomic E-state index is 11.9. The Hall–Kier alpha value is -1.08. The average Bonchev–Trinajstić information content (AvgIpc) is 3.00. The molecule has 98 valence electrons. The van der Waals surface area contributed by atoms with Gasteiger partial charge in [-0.3, -0.25) is 4.79 Å². The SMILES string of the molecule is CC(NC(=O)C1CCCS1)c1nc(C(=O)O)cs1. The van der Waals surface area contributed by atoms with E-state index < -0.39 is 5.97 Å². The van der Waals surface area contributed by atoms with Gasteiger partial charge < -0.3 is 10.4 Å². The molecular weight excluding hydrogens is 272 g/mol. The van der Waals surface area contributed by atoms with Crippen molar-refractivity contribution >= 4 is 35.0 Å². The van der Waals surface area contributed by atoms with E-state index in [1.165, 1.54) is 16.7 Å². The second-order valence-corrected chi connectivity index (χ2v) is 6.31. The van der Waals surface area contributed by atoms with Gasteiger partial charge in [-0.25, -0.2) is 9.78 Å². The molecule has 0 radical (unpaired) electrons. The molecule has 18 heavy (non-hydrogen) atoms. The third-order valence-electron chi connectivity index (χ3n) is 2.69. The zero-order valence-electron chi connectivity index (χ0n) is 9.88. The van der Waals surface area contributed by atoms with Gasteiger partial charge in [0, 0.05) is 5.38 Å². The maximum atomic E-state index is 11.9. The first kappa shape index (κ1) is 13.4. The van der Waals surface area contributed by atoms with Crippen LogP contribution in [0.25, 0.3) is 0 Å². The fourth-order valence-electron chi connectivity index (χ4n) is 1.74. The van der Waals surface area contributed by atoms with Crippen molar-refractivity contribution in [1.29, 1.82) is 0 Å². The second kappa shape index (κ2) is 5.71. The molecule has 1 aliphatic rings. The molecule has 7 heteroatoms. The van der Waals surface area contributed by atoms with E-state index in [2.05, 4.69) is 10.3 Å². The van der Waals surface area contributed by atoms with Gasteiger partial charge in [0.1, 0.15) is 5.01 Å². The molecule has 0 bridgehead atoms. The van der Waals surface area contributed by atoms with Crippen molar-refractivity contribution in [2.75, 3.05) is 5.75 Å². The second-order valence-electron chi connectivity index (χ2n) is 4.11. The van der Waals surface area contributed by atoms with Crippen LogP contribution in [0.1, 0.15) is 41.3 Å². The van der Waals surface area contributed by atoms with Crippen molar-refractivity contribution < 1.29 is 14.7 Å². The lowest BCUT2D eigenvalue weighted by Crippen LogP contribution is -2.33. The predicted octanol–water partition coefficient (Wildman–Crippen LogP) is 1.91. The van der Waals surface area contributed by atoms with Crippen LogP contribution in [-0.2, 0) is 4.79 Å². The van der Waals surface area contributed by atoms with Crippen molar-refractivity contribution in [3.05, 3.63) is 16.1 Å². The molecule has 0 aromatic carbocycles. The van der Waals surface area contributed by atoms with E-state index in [0.717, 1.165) is 18.6 Å². The zero-order valence-corrected chi connectivity index (χ0v) is 11.5. The van der Waals surface area contributed by atoms with Crippen LogP contribution in [0, 0.1) is 0 Å². The molecule has 5 nitrogen and oxygen atoms in total. The summed E-state index contributed by atoms with van der Waals surface area (Å²) in [6.45, 7) is 1.82. The topological polar surface area (TPSA) is 79.3 Å². The average molecular weight is 286 g/mol. The number of carboxylic acid groups (broad SMARTS) is 1. The number of hydrogen-bond donors (Lipinski definition) is 2. The molecule has 1 saturated heterocycles. The maximum Gasteiger partial charge on any atom is 0.355 e. The minimum absolute atomic E-state index is 0.0251. The molecule has 2 atom stereocenters. The van der Waals surface area contributed by atoms with Crippen molar-refractivity contribution in [3.8, 4) is 0 Å². The van der Waals surface area contributed by atoms with Gasteiger partial charge >= 0.3 is 5.97 Å². The number of carboxylic acids is 1. The van der Waals surface area contributed by atoms with Crippen LogP contribution < -0.4 is 5.32 Å². The van der Waals surface area contributed by atoms with E-state index in [9.17, 15) is 9.59 Å². The van der Waals surface area contributed by atoms with Crippen LogP contribution in [0.3, 0.4) is 0 Å². The van der Waals surface area contributed by atoms with Crippen molar-refractivity contribution in [1.82, 2.24) is 10.3 Å². The summed E-state index contributed by atoms with van der Waals surface area (Å²) in [5.74, 6) is 0.0202. The van der Waals surface area contributed by atoms with Gasteiger partial charge in [-0.15, -0.1) is 23.1 Å². The number of aromatic nitrogens is 1. The summed E-state index contributed by atoms with van der Waals surface area (Å²) < 4.78 is 0. The first-order valence-corrected chi connectivity index (χ1v) is 7.61. The summed E-state index contributed by atoms with van der Waals surface area (Å²) in [5, 5.41) is 13.8. The fourth-order valence-corrected chi connectivity index (χ4v) is 3.71. The lowest BCUT2D eigenvalue weighted by Gasteiger charge is -2.14. The standard InChI is InChI=1S/C11H14N2O3S2/c1-6(10-13-7(5-18-10)11(15)16)12-9(14)8-3-2-4-17-8/h5-6,8H,2-4H2,1H3,(H,12,14)(H,15,16). The number of thioether (sulfide) groups is 1. The van der Waals surface area contributed by atoms with Crippen molar-refractivity contribution in [2.45, 2.75) is 31.1 Å². The van der Waals surface area contributed by atoms with E-state index in [-0.39, 0.29) is 22.9 Å². The van der Waals surface area contributed by atoms with E-state index in [4.69, 9.17) is 5.11 Å². The minimum atomic E-state index is -1.04. The number of carbonyl (C=O) groups is 2. The van der Waals surface area contributed by atoms with Gasteiger partial charge in [0.15, 0.2) is 5.69 Å². The predicted molar refractivity (Wildman–Crippen MR) is 71.1 cm³/mol. The quantitative estimate of drug-likeness (QED) is 0.884. The number of hydrogen-bond acceptors (Lipinski definition) is 5. The summed E-state index contributed by atoms with van der Waals surface area (Å²) in [4.78, 5) is 26.6. The fraction of sp³-hybridized carbons (Fsp3) is 0.545. The first-order valence-electron chi connectivity index (χ1n) is 5.68. The normalized spacial score (nSPS) is 20.6. The van der Waals surface area contributed by atoms with Crippen LogP contribution in [0.15, 0.2) is 5.38 Å². The number of aromatic carboxylic acids is 1.